The molecule has 100 valence electrons. The second kappa shape index (κ2) is 7.11. The van der Waals surface area contributed by atoms with E-state index in [1.54, 1.807) is 23.1 Å². The maximum absolute atomic E-state index is 12.4. The topological polar surface area (TPSA) is 38.8 Å². The first-order valence-corrected chi connectivity index (χ1v) is 6.29. The molecule has 18 heavy (non-hydrogen) atoms. The van der Waals surface area contributed by atoms with Crippen molar-refractivity contribution >= 4 is 17.5 Å². The molecular weight excluding hydrogens is 254 g/mol. The number of amides is 1. The molecule has 5 heteroatoms. The Kier molecular flexibility index (Phi) is 5.78. The molecule has 0 saturated carbocycles. The lowest BCUT2D eigenvalue weighted by atomic mass is 10.1. The Morgan fingerprint density at radius 2 is 1.83 bits per heavy atom. The predicted octanol–water partition coefficient (Wildman–Crippen LogP) is 2.40. The van der Waals surface area contributed by atoms with E-state index in [9.17, 15) is 4.79 Å². The fourth-order valence-electron chi connectivity index (χ4n) is 1.73. The van der Waals surface area contributed by atoms with Gasteiger partial charge in [0.15, 0.2) is 0 Å². The zero-order chi connectivity index (χ0) is 13.5. The molecule has 0 heterocycles. The van der Waals surface area contributed by atoms with Gasteiger partial charge in [0.2, 0.25) is 0 Å². The molecule has 0 unspecified atom stereocenters. The van der Waals surface area contributed by atoms with Gasteiger partial charge in [0.25, 0.3) is 5.91 Å². The molecule has 1 rings (SSSR count). The maximum Gasteiger partial charge on any atom is 0.261 e. The summed E-state index contributed by atoms with van der Waals surface area (Å²) in [5, 5.41) is 0. The summed E-state index contributed by atoms with van der Waals surface area (Å²) in [6.07, 6.45) is 0. The van der Waals surface area contributed by atoms with E-state index in [4.69, 9.17) is 21.1 Å². The minimum absolute atomic E-state index is 0.132. The van der Waals surface area contributed by atoms with Crippen molar-refractivity contribution in [1.29, 1.82) is 0 Å². The van der Waals surface area contributed by atoms with Crippen LogP contribution in [0, 0.1) is 0 Å². The zero-order valence-electron chi connectivity index (χ0n) is 10.9. The molecule has 0 bridgehead atoms. The first kappa shape index (κ1) is 14.6. The molecule has 1 aromatic carbocycles. The molecule has 0 aliphatic carbocycles. The summed E-state index contributed by atoms with van der Waals surface area (Å²) in [6.45, 7) is 3.00. The Labute approximate surface area is 112 Å². The SMILES string of the molecule is CCN(CCCl)C(=O)c1c(OC)cccc1OC. The number of carbonyl (C=O) groups excluding carboxylic acids is 1. The van der Waals surface area contributed by atoms with Crippen LogP contribution in [0.4, 0.5) is 0 Å². The largest absolute Gasteiger partial charge is 0.496 e. The molecule has 0 aliphatic heterocycles. The van der Waals surface area contributed by atoms with Crippen LogP contribution >= 0.6 is 11.6 Å². The first-order valence-electron chi connectivity index (χ1n) is 5.75. The molecule has 0 spiro atoms. The van der Waals surface area contributed by atoms with E-state index in [1.807, 2.05) is 6.92 Å². The summed E-state index contributed by atoms with van der Waals surface area (Å²) >= 11 is 5.70. The van der Waals surface area contributed by atoms with E-state index in [-0.39, 0.29) is 5.91 Å². The van der Waals surface area contributed by atoms with Crippen LogP contribution in [0.3, 0.4) is 0 Å². The summed E-state index contributed by atoms with van der Waals surface area (Å²) in [7, 11) is 3.06. The van der Waals surface area contributed by atoms with Gasteiger partial charge >= 0.3 is 0 Å². The third-order valence-electron chi connectivity index (χ3n) is 2.67. The maximum atomic E-state index is 12.4. The summed E-state index contributed by atoms with van der Waals surface area (Å²) in [6, 6.07) is 5.26. The lowest BCUT2D eigenvalue weighted by Gasteiger charge is -2.22. The fraction of sp³-hybridized carbons (Fsp3) is 0.462. The van der Waals surface area contributed by atoms with E-state index in [1.165, 1.54) is 14.2 Å². The Balaban J connectivity index is 3.16. The Morgan fingerprint density at radius 1 is 1.28 bits per heavy atom. The van der Waals surface area contributed by atoms with Crippen LogP contribution in [0.2, 0.25) is 0 Å². The third-order valence-corrected chi connectivity index (χ3v) is 2.83. The van der Waals surface area contributed by atoms with Crippen LogP contribution < -0.4 is 9.47 Å². The molecule has 0 N–H and O–H groups in total. The lowest BCUT2D eigenvalue weighted by Crippen LogP contribution is -2.33. The fourth-order valence-corrected chi connectivity index (χ4v) is 1.93. The van der Waals surface area contributed by atoms with Gasteiger partial charge < -0.3 is 14.4 Å². The molecule has 1 amide bonds. The van der Waals surface area contributed by atoms with Crippen LogP contribution in [-0.2, 0) is 0 Å². The van der Waals surface area contributed by atoms with E-state index >= 15 is 0 Å². The minimum Gasteiger partial charge on any atom is -0.496 e. The summed E-state index contributed by atoms with van der Waals surface area (Å²) in [5.41, 5.74) is 0.439. The summed E-state index contributed by atoms with van der Waals surface area (Å²) < 4.78 is 10.4. The highest BCUT2D eigenvalue weighted by molar-refractivity contribution is 6.18. The van der Waals surface area contributed by atoms with Gasteiger partial charge in [-0.2, -0.15) is 0 Å². The minimum atomic E-state index is -0.132. The molecule has 0 aromatic heterocycles. The van der Waals surface area contributed by atoms with Crippen molar-refractivity contribution in [2.24, 2.45) is 0 Å². The molecule has 0 atom stereocenters. The number of nitrogens with zero attached hydrogens (tertiary/aromatic N) is 1. The highest BCUT2D eigenvalue weighted by atomic mass is 35.5. The van der Waals surface area contributed by atoms with E-state index in [2.05, 4.69) is 0 Å². The van der Waals surface area contributed by atoms with Crippen molar-refractivity contribution < 1.29 is 14.3 Å². The average molecular weight is 272 g/mol. The number of hydrogen-bond donors (Lipinski definition) is 0. The average Bonchev–Trinajstić information content (AvgIpc) is 2.42. The number of alkyl halides is 1. The van der Waals surface area contributed by atoms with Crippen molar-refractivity contribution in [3.05, 3.63) is 23.8 Å². The van der Waals surface area contributed by atoms with E-state index in [0.717, 1.165) is 0 Å². The van der Waals surface area contributed by atoms with Crippen molar-refractivity contribution in [2.75, 3.05) is 33.2 Å². The van der Waals surface area contributed by atoms with Gasteiger partial charge in [-0.1, -0.05) is 6.07 Å². The van der Waals surface area contributed by atoms with Crippen molar-refractivity contribution in [1.82, 2.24) is 4.90 Å². The van der Waals surface area contributed by atoms with Gasteiger partial charge in [0, 0.05) is 19.0 Å². The quantitative estimate of drug-likeness (QED) is 0.746. The molecular formula is C13H18ClNO3. The van der Waals surface area contributed by atoms with Gasteiger partial charge in [-0.15, -0.1) is 11.6 Å². The molecule has 1 aromatic rings. The van der Waals surface area contributed by atoms with Gasteiger partial charge in [-0.25, -0.2) is 0 Å². The van der Waals surface area contributed by atoms with Crippen molar-refractivity contribution in [2.45, 2.75) is 6.92 Å². The first-order chi connectivity index (χ1) is 8.69. The standard InChI is InChI=1S/C13H18ClNO3/c1-4-15(9-8-14)13(16)12-10(17-2)6-5-7-11(12)18-3/h5-7H,4,8-9H2,1-3H3. The Hall–Kier alpha value is -1.42. The predicted molar refractivity (Wildman–Crippen MR) is 71.8 cm³/mol. The smallest absolute Gasteiger partial charge is 0.261 e. The monoisotopic (exact) mass is 271 g/mol. The van der Waals surface area contributed by atoms with Crippen molar-refractivity contribution in [3.63, 3.8) is 0 Å². The zero-order valence-corrected chi connectivity index (χ0v) is 11.7. The van der Waals surface area contributed by atoms with Gasteiger partial charge in [0.1, 0.15) is 17.1 Å². The van der Waals surface area contributed by atoms with Crippen molar-refractivity contribution in [3.8, 4) is 11.5 Å². The number of carbonyl (C=O) groups is 1. The molecule has 0 saturated heterocycles. The van der Waals surface area contributed by atoms with Crippen LogP contribution in [0.1, 0.15) is 17.3 Å². The Bertz CT molecular complexity index is 387. The van der Waals surface area contributed by atoms with Crippen LogP contribution in [0.15, 0.2) is 18.2 Å². The van der Waals surface area contributed by atoms with Crippen LogP contribution in [-0.4, -0.2) is 44.0 Å². The molecule has 0 fully saturated rings. The second-order valence-electron chi connectivity index (χ2n) is 3.61. The molecule has 0 aliphatic rings. The normalized spacial score (nSPS) is 10.0. The highest BCUT2D eigenvalue weighted by Crippen LogP contribution is 2.29. The van der Waals surface area contributed by atoms with Gasteiger partial charge in [0.05, 0.1) is 14.2 Å². The number of methoxy groups -OCH3 is 2. The van der Waals surface area contributed by atoms with Gasteiger partial charge in [-0.3, -0.25) is 4.79 Å². The second-order valence-corrected chi connectivity index (χ2v) is 3.99. The number of benzene rings is 1. The molecule has 0 radical (unpaired) electrons. The number of hydrogen-bond acceptors (Lipinski definition) is 3. The lowest BCUT2D eigenvalue weighted by molar-refractivity contribution is 0.0767. The summed E-state index contributed by atoms with van der Waals surface area (Å²) in [5.74, 6) is 1.28. The van der Waals surface area contributed by atoms with Gasteiger partial charge in [-0.05, 0) is 19.1 Å². The van der Waals surface area contributed by atoms with E-state index in [0.29, 0.717) is 36.0 Å². The molecule has 4 nitrogen and oxygen atoms in total. The summed E-state index contributed by atoms with van der Waals surface area (Å²) in [4.78, 5) is 14.1. The highest BCUT2D eigenvalue weighted by Gasteiger charge is 2.22. The number of ether oxygens (including phenoxy) is 2. The van der Waals surface area contributed by atoms with Crippen LogP contribution in [0.5, 0.6) is 11.5 Å². The number of halogens is 1. The van der Waals surface area contributed by atoms with Crippen LogP contribution in [0.25, 0.3) is 0 Å². The Morgan fingerprint density at radius 3 is 2.22 bits per heavy atom. The van der Waals surface area contributed by atoms with E-state index < -0.39 is 0 Å². The number of rotatable bonds is 6. The third kappa shape index (κ3) is 3.07.